The monoisotopic (exact) mass is 288 g/mol. The average Bonchev–Trinajstić information content (AvgIpc) is 2.36. The number of thioether (sulfide) groups is 1. The molecular formula is C12H17ClN2O2S. The first kappa shape index (κ1) is 15.1. The largest absolute Gasteiger partial charge is 0.399 e. The van der Waals surface area contributed by atoms with Crippen molar-refractivity contribution in [2.24, 2.45) is 0 Å². The SMILES string of the molecule is COCCCNC(=O)CSc1cc(N)ccc1Cl. The van der Waals surface area contributed by atoms with Crippen LogP contribution in [0.3, 0.4) is 0 Å². The number of nitrogen functional groups attached to an aromatic ring is 1. The van der Waals surface area contributed by atoms with Gasteiger partial charge in [-0.3, -0.25) is 4.79 Å². The Bertz CT molecular complexity index is 402. The smallest absolute Gasteiger partial charge is 0.230 e. The van der Waals surface area contributed by atoms with Crippen LogP contribution in [0, 0.1) is 0 Å². The van der Waals surface area contributed by atoms with Crippen LogP contribution in [0.25, 0.3) is 0 Å². The van der Waals surface area contributed by atoms with Gasteiger partial charge in [-0.15, -0.1) is 11.8 Å². The number of anilines is 1. The zero-order valence-corrected chi connectivity index (χ0v) is 11.8. The number of carbonyl (C=O) groups is 1. The van der Waals surface area contributed by atoms with E-state index in [-0.39, 0.29) is 5.91 Å². The van der Waals surface area contributed by atoms with Gasteiger partial charge in [-0.25, -0.2) is 0 Å². The molecule has 1 aromatic carbocycles. The van der Waals surface area contributed by atoms with E-state index >= 15 is 0 Å². The minimum Gasteiger partial charge on any atom is -0.399 e. The van der Waals surface area contributed by atoms with E-state index in [1.54, 1.807) is 25.3 Å². The van der Waals surface area contributed by atoms with Crippen LogP contribution in [0.4, 0.5) is 5.69 Å². The molecule has 1 amide bonds. The molecule has 0 radical (unpaired) electrons. The van der Waals surface area contributed by atoms with Gasteiger partial charge < -0.3 is 15.8 Å². The number of nitrogens with one attached hydrogen (secondary N) is 1. The van der Waals surface area contributed by atoms with Gasteiger partial charge in [0.15, 0.2) is 0 Å². The number of carbonyl (C=O) groups excluding carboxylic acids is 1. The molecule has 0 aromatic heterocycles. The van der Waals surface area contributed by atoms with Crippen molar-refractivity contribution < 1.29 is 9.53 Å². The van der Waals surface area contributed by atoms with Gasteiger partial charge in [0.2, 0.25) is 5.91 Å². The zero-order chi connectivity index (χ0) is 13.4. The molecular weight excluding hydrogens is 272 g/mol. The molecule has 1 rings (SSSR count). The summed E-state index contributed by atoms with van der Waals surface area (Å²) in [4.78, 5) is 12.4. The number of amides is 1. The van der Waals surface area contributed by atoms with Gasteiger partial charge in [0.1, 0.15) is 0 Å². The van der Waals surface area contributed by atoms with Crippen molar-refractivity contribution in [2.75, 3.05) is 31.7 Å². The van der Waals surface area contributed by atoms with Gasteiger partial charge in [-0.1, -0.05) is 11.6 Å². The topological polar surface area (TPSA) is 64.3 Å². The maximum atomic E-state index is 11.5. The van der Waals surface area contributed by atoms with Crippen LogP contribution < -0.4 is 11.1 Å². The highest BCUT2D eigenvalue weighted by Crippen LogP contribution is 2.28. The number of hydrogen-bond donors (Lipinski definition) is 2. The Morgan fingerprint density at radius 1 is 1.56 bits per heavy atom. The van der Waals surface area contributed by atoms with Crippen molar-refractivity contribution in [1.82, 2.24) is 5.32 Å². The molecule has 1 aromatic rings. The van der Waals surface area contributed by atoms with Crippen molar-refractivity contribution in [3.8, 4) is 0 Å². The molecule has 0 aliphatic carbocycles. The van der Waals surface area contributed by atoms with E-state index in [0.29, 0.717) is 29.6 Å². The summed E-state index contributed by atoms with van der Waals surface area (Å²) in [6, 6.07) is 5.23. The van der Waals surface area contributed by atoms with Crippen LogP contribution in [0.15, 0.2) is 23.1 Å². The highest BCUT2D eigenvalue weighted by Gasteiger charge is 2.05. The fourth-order valence-electron chi connectivity index (χ4n) is 1.27. The first-order chi connectivity index (χ1) is 8.63. The third-order valence-electron chi connectivity index (χ3n) is 2.16. The van der Waals surface area contributed by atoms with E-state index in [0.717, 1.165) is 11.3 Å². The van der Waals surface area contributed by atoms with Crippen molar-refractivity contribution in [2.45, 2.75) is 11.3 Å². The van der Waals surface area contributed by atoms with Crippen molar-refractivity contribution in [3.05, 3.63) is 23.2 Å². The lowest BCUT2D eigenvalue weighted by Crippen LogP contribution is -2.26. The third kappa shape index (κ3) is 5.62. The quantitative estimate of drug-likeness (QED) is 0.458. The van der Waals surface area contributed by atoms with Crippen molar-refractivity contribution in [3.63, 3.8) is 0 Å². The minimum atomic E-state index is -0.0189. The highest BCUT2D eigenvalue weighted by molar-refractivity contribution is 8.00. The Labute approximate surface area is 116 Å². The molecule has 0 aliphatic heterocycles. The number of hydrogen-bond acceptors (Lipinski definition) is 4. The van der Waals surface area contributed by atoms with Crippen molar-refractivity contribution >= 4 is 35.0 Å². The van der Waals surface area contributed by atoms with E-state index in [9.17, 15) is 4.79 Å². The van der Waals surface area contributed by atoms with Crippen LogP contribution in [0.1, 0.15) is 6.42 Å². The van der Waals surface area contributed by atoms with Crippen LogP contribution in [-0.2, 0) is 9.53 Å². The zero-order valence-electron chi connectivity index (χ0n) is 10.2. The summed E-state index contributed by atoms with van der Waals surface area (Å²) in [7, 11) is 1.64. The second-order valence-electron chi connectivity index (χ2n) is 3.67. The van der Waals surface area contributed by atoms with Gasteiger partial charge in [0.25, 0.3) is 0 Å². The number of methoxy groups -OCH3 is 1. The predicted molar refractivity (Wildman–Crippen MR) is 76.1 cm³/mol. The van der Waals surface area contributed by atoms with Gasteiger partial charge in [0, 0.05) is 30.8 Å². The van der Waals surface area contributed by atoms with Crippen LogP contribution >= 0.6 is 23.4 Å². The van der Waals surface area contributed by atoms with E-state index < -0.39 is 0 Å². The molecule has 18 heavy (non-hydrogen) atoms. The Morgan fingerprint density at radius 2 is 2.33 bits per heavy atom. The Balaban J connectivity index is 2.31. The number of rotatable bonds is 7. The molecule has 4 nitrogen and oxygen atoms in total. The molecule has 0 atom stereocenters. The number of nitrogens with two attached hydrogens (primary N) is 1. The van der Waals surface area contributed by atoms with E-state index in [2.05, 4.69) is 5.32 Å². The molecule has 0 heterocycles. The molecule has 0 saturated heterocycles. The second-order valence-corrected chi connectivity index (χ2v) is 5.10. The van der Waals surface area contributed by atoms with Gasteiger partial charge in [-0.2, -0.15) is 0 Å². The molecule has 3 N–H and O–H groups in total. The molecule has 0 saturated carbocycles. The lowest BCUT2D eigenvalue weighted by Gasteiger charge is -2.06. The van der Waals surface area contributed by atoms with E-state index in [1.807, 2.05) is 0 Å². The summed E-state index contributed by atoms with van der Waals surface area (Å²) in [6.07, 6.45) is 0.811. The van der Waals surface area contributed by atoms with E-state index in [1.165, 1.54) is 11.8 Å². The fourth-order valence-corrected chi connectivity index (χ4v) is 2.36. The third-order valence-corrected chi connectivity index (χ3v) is 3.66. The Kier molecular flexibility index (Phi) is 6.93. The molecule has 0 spiro atoms. The lowest BCUT2D eigenvalue weighted by atomic mass is 10.3. The molecule has 6 heteroatoms. The summed E-state index contributed by atoms with van der Waals surface area (Å²) in [5.41, 5.74) is 6.30. The van der Waals surface area contributed by atoms with Gasteiger partial charge in [-0.05, 0) is 24.6 Å². The maximum absolute atomic E-state index is 11.5. The summed E-state index contributed by atoms with van der Waals surface area (Å²) < 4.78 is 4.89. The average molecular weight is 289 g/mol. The normalized spacial score (nSPS) is 10.3. The first-order valence-electron chi connectivity index (χ1n) is 5.57. The van der Waals surface area contributed by atoms with Gasteiger partial charge in [0.05, 0.1) is 10.8 Å². The summed E-state index contributed by atoms with van der Waals surface area (Å²) >= 11 is 7.38. The second kappa shape index (κ2) is 8.24. The van der Waals surface area contributed by atoms with Gasteiger partial charge >= 0.3 is 0 Å². The van der Waals surface area contributed by atoms with Crippen LogP contribution in [-0.4, -0.2) is 31.9 Å². The van der Waals surface area contributed by atoms with Crippen LogP contribution in [0.2, 0.25) is 5.02 Å². The molecule has 0 fully saturated rings. The number of benzene rings is 1. The molecule has 0 aliphatic rings. The Hall–Kier alpha value is -0.910. The maximum Gasteiger partial charge on any atom is 0.230 e. The summed E-state index contributed by atoms with van der Waals surface area (Å²) in [5.74, 6) is 0.311. The molecule has 100 valence electrons. The lowest BCUT2D eigenvalue weighted by molar-refractivity contribution is -0.118. The predicted octanol–water partition coefficient (Wildman–Crippen LogP) is 2.17. The summed E-state index contributed by atoms with van der Waals surface area (Å²) in [6.45, 7) is 1.27. The fraction of sp³-hybridized carbons (Fsp3) is 0.417. The first-order valence-corrected chi connectivity index (χ1v) is 6.93. The standard InChI is InChI=1S/C12H17ClN2O2S/c1-17-6-2-5-15-12(16)8-18-11-7-9(14)3-4-10(11)13/h3-4,7H,2,5-6,8,14H2,1H3,(H,15,16). The number of ether oxygens (including phenoxy) is 1. The summed E-state index contributed by atoms with van der Waals surface area (Å²) in [5, 5.41) is 3.42. The number of halogens is 1. The van der Waals surface area contributed by atoms with E-state index in [4.69, 9.17) is 22.1 Å². The highest BCUT2D eigenvalue weighted by atomic mass is 35.5. The molecule has 0 unspecified atom stereocenters. The molecule has 0 bridgehead atoms. The van der Waals surface area contributed by atoms with Crippen molar-refractivity contribution in [1.29, 1.82) is 0 Å². The van der Waals surface area contributed by atoms with Crippen LogP contribution in [0.5, 0.6) is 0 Å². The minimum absolute atomic E-state index is 0.0189. The Morgan fingerprint density at radius 3 is 3.06 bits per heavy atom.